The first-order valence-corrected chi connectivity index (χ1v) is 7.62. The van der Waals surface area contributed by atoms with Crippen LogP contribution in [0.15, 0.2) is 60.7 Å². The predicted octanol–water partition coefficient (Wildman–Crippen LogP) is 4.05. The van der Waals surface area contributed by atoms with Crippen molar-refractivity contribution in [2.75, 3.05) is 6.61 Å². The molecule has 0 saturated carbocycles. The van der Waals surface area contributed by atoms with Gasteiger partial charge in [0, 0.05) is 11.1 Å². The van der Waals surface area contributed by atoms with Gasteiger partial charge >= 0.3 is 0 Å². The Morgan fingerprint density at radius 3 is 2.23 bits per heavy atom. The maximum atomic E-state index is 12.2. The van der Waals surface area contributed by atoms with Gasteiger partial charge in [0.15, 0.2) is 0 Å². The number of benzene rings is 2. The lowest BCUT2D eigenvalue weighted by atomic mass is 9.98. The van der Waals surface area contributed by atoms with Crippen LogP contribution in [0.1, 0.15) is 37.0 Å². The minimum atomic E-state index is -0.257. The minimum Gasteiger partial charge on any atom is -0.494 e. The molecule has 0 radical (unpaired) electrons. The fraction of sp³-hybridized carbons (Fsp3) is 0.316. The zero-order valence-corrected chi connectivity index (χ0v) is 13.2. The Labute approximate surface area is 132 Å². The van der Waals surface area contributed by atoms with Gasteiger partial charge in [-0.25, -0.2) is 0 Å². The maximum absolute atomic E-state index is 12.2. The monoisotopic (exact) mass is 297 g/mol. The quantitative estimate of drug-likeness (QED) is 0.783. The largest absolute Gasteiger partial charge is 0.494 e. The number of para-hydroxylation sites is 1. The number of rotatable bonds is 7. The summed E-state index contributed by atoms with van der Waals surface area (Å²) in [5, 5.41) is 3.08. The van der Waals surface area contributed by atoms with E-state index < -0.39 is 0 Å². The number of amides is 1. The van der Waals surface area contributed by atoms with Crippen LogP contribution in [0.25, 0.3) is 0 Å². The van der Waals surface area contributed by atoms with Crippen LogP contribution in [0.2, 0.25) is 0 Å². The van der Waals surface area contributed by atoms with E-state index in [1.54, 1.807) is 0 Å². The van der Waals surface area contributed by atoms with Gasteiger partial charge in [-0.3, -0.25) is 4.79 Å². The average molecular weight is 297 g/mol. The van der Waals surface area contributed by atoms with E-state index in [0.29, 0.717) is 12.2 Å². The fourth-order valence-electron chi connectivity index (χ4n) is 2.25. The lowest BCUT2D eigenvalue weighted by molar-refractivity contribution is 0.0906. The summed E-state index contributed by atoms with van der Waals surface area (Å²) in [4.78, 5) is 12.2. The van der Waals surface area contributed by atoms with Crippen molar-refractivity contribution < 1.29 is 9.53 Å². The molecule has 0 aliphatic heterocycles. The van der Waals surface area contributed by atoms with Crippen LogP contribution in [0.3, 0.4) is 0 Å². The topological polar surface area (TPSA) is 38.3 Å². The SMILES string of the molecule is CC(C)(CCCOc1ccccc1)NC(=O)c1ccccc1. The molecule has 2 aromatic rings. The van der Waals surface area contributed by atoms with Crippen molar-refractivity contribution in [3.8, 4) is 5.75 Å². The molecule has 1 N–H and O–H groups in total. The molecule has 2 rings (SSSR count). The van der Waals surface area contributed by atoms with E-state index in [1.165, 1.54) is 0 Å². The molecule has 2 aromatic carbocycles. The highest BCUT2D eigenvalue weighted by atomic mass is 16.5. The highest BCUT2D eigenvalue weighted by Gasteiger charge is 2.20. The molecule has 0 spiro atoms. The summed E-state index contributed by atoms with van der Waals surface area (Å²) in [5.41, 5.74) is 0.434. The van der Waals surface area contributed by atoms with Gasteiger partial charge in [0.2, 0.25) is 0 Å². The lowest BCUT2D eigenvalue weighted by Crippen LogP contribution is -2.43. The number of ether oxygens (including phenoxy) is 1. The van der Waals surface area contributed by atoms with Gasteiger partial charge in [0.1, 0.15) is 5.75 Å². The van der Waals surface area contributed by atoms with E-state index >= 15 is 0 Å². The van der Waals surface area contributed by atoms with Gasteiger partial charge in [0.25, 0.3) is 5.91 Å². The Balaban J connectivity index is 1.75. The normalized spacial score (nSPS) is 11.0. The zero-order valence-electron chi connectivity index (χ0n) is 13.2. The van der Waals surface area contributed by atoms with Crippen LogP contribution in [0.4, 0.5) is 0 Å². The highest BCUT2D eigenvalue weighted by molar-refractivity contribution is 5.94. The number of carbonyl (C=O) groups excluding carboxylic acids is 1. The van der Waals surface area contributed by atoms with E-state index in [2.05, 4.69) is 5.32 Å². The van der Waals surface area contributed by atoms with E-state index in [0.717, 1.165) is 18.6 Å². The van der Waals surface area contributed by atoms with Gasteiger partial charge in [-0.2, -0.15) is 0 Å². The summed E-state index contributed by atoms with van der Waals surface area (Å²) in [7, 11) is 0. The molecule has 0 aliphatic carbocycles. The number of nitrogens with one attached hydrogen (secondary N) is 1. The van der Waals surface area contributed by atoms with E-state index in [9.17, 15) is 4.79 Å². The first-order chi connectivity index (χ1) is 10.6. The second kappa shape index (κ2) is 7.64. The number of carbonyl (C=O) groups is 1. The number of hydrogen-bond acceptors (Lipinski definition) is 2. The summed E-state index contributed by atoms with van der Waals surface area (Å²) < 4.78 is 5.68. The molecule has 0 atom stereocenters. The first-order valence-electron chi connectivity index (χ1n) is 7.62. The molecule has 0 saturated heterocycles. The molecule has 3 nitrogen and oxygen atoms in total. The molecule has 116 valence electrons. The molecular formula is C19H23NO2. The van der Waals surface area contributed by atoms with Crippen molar-refractivity contribution in [1.29, 1.82) is 0 Å². The Hall–Kier alpha value is -2.29. The molecule has 0 heterocycles. The summed E-state index contributed by atoms with van der Waals surface area (Å²) in [6.45, 7) is 4.72. The lowest BCUT2D eigenvalue weighted by Gasteiger charge is -2.26. The maximum Gasteiger partial charge on any atom is 0.251 e. The molecule has 0 aromatic heterocycles. The van der Waals surface area contributed by atoms with Crippen molar-refractivity contribution in [2.45, 2.75) is 32.2 Å². The summed E-state index contributed by atoms with van der Waals surface area (Å²) in [6.07, 6.45) is 1.75. The minimum absolute atomic E-state index is 0.0328. The second-order valence-corrected chi connectivity index (χ2v) is 5.97. The Morgan fingerprint density at radius 1 is 1.00 bits per heavy atom. The average Bonchev–Trinajstić information content (AvgIpc) is 2.53. The molecule has 3 heteroatoms. The van der Waals surface area contributed by atoms with E-state index in [1.807, 2.05) is 74.5 Å². The van der Waals surface area contributed by atoms with E-state index in [4.69, 9.17) is 4.74 Å². The Morgan fingerprint density at radius 2 is 1.59 bits per heavy atom. The van der Waals surface area contributed by atoms with Gasteiger partial charge in [0.05, 0.1) is 6.61 Å². The molecular weight excluding hydrogens is 274 g/mol. The third-order valence-corrected chi connectivity index (χ3v) is 3.45. The van der Waals surface area contributed by atoms with E-state index in [-0.39, 0.29) is 11.4 Å². The molecule has 1 amide bonds. The summed E-state index contributed by atoms with van der Waals surface area (Å²) in [5.74, 6) is 0.850. The standard InChI is InChI=1S/C19H23NO2/c1-19(2,20-18(21)16-10-5-3-6-11-16)14-9-15-22-17-12-7-4-8-13-17/h3-8,10-13H,9,14-15H2,1-2H3,(H,20,21). The van der Waals surface area contributed by atoms with Crippen LogP contribution < -0.4 is 10.1 Å². The van der Waals surface area contributed by atoms with Crippen LogP contribution in [0, 0.1) is 0 Å². The molecule has 0 fully saturated rings. The van der Waals surface area contributed by atoms with Crippen LogP contribution in [0.5, 0.6) is 5.75 Å². The van der Waals surface area contributed by atoms with Crippen molar-refractivity contribution in [2.24, 2.45) is 0 Å². The van der Waals surface area contributed by atoms with Gasteiger partial charge in [-0.1, -0.05) is 36.4 Å². The predicted molar refractivity (Wildman–Crippen MR) is 89.2 cm³/mol. The second-order valence-electron chi connectivity index (χ2n) is 5.97. The Bertz CT molecular complexity index is 579. The third kappa shape index (κ3) is 5.24. The van der Waals surface area contributed by atoms with Gasteiger partial charge < -0.3 is 10.1 Å². The van der Waals surface area contributed by atoms with Crippen LogP contribution >= 0.6 is 0 Å². The molecule has 0 bridgehead atoms. The Kier molecular flexibility index (Phi) is 5.59. The van der Waals surface area contributed by atoms with Crippen molar-refractivity contribution in [3.63, 3.8) is 0 Å². The molecule has 22 heavy (non-hydrogen) atoms. The smallest absolute Gasteiger partial charge is 0.251 e. The molecule has 0 unspecified atom stereocenters. The van der Waals surface area contributed by atoms with Crippen molar-refractivity contribution >= 4 is 5.91 Å². The summed E-state index contributed by atoms with van der Waals surface area (Å²) in [6, 6.07) is 19.1. The first kappa shape index (κ1) is 16.1. The number of hydrogen-bond donors (Lipinski definition) is 1. The fourth-order valence-corrected chi connectivity index (χ4v) is 2.25. The zero-order chi connectivity index (χ0) is 15.8. The summed E-state index contributed by atoms with van der Waals surface area (Å²) >= 11 is 0. The van der Waals surface area contributed by atoms with Crippen molar-refractivity contribution in [1.82, 2.24) is 5.32 Å². The van der Waals surface area contributed by atoms with Crippen LogP contribution in [-0.4, -0.2) is 18.1 Å². The van der Waals surface area contributed by atoms with Crippen LogP contribution in [-0.2, 0) is 0 Å². The third-order valence-electron chi connectivity index (χ3n) is 3.45. The molecule has 0 aliphatic rings. The van der Waals surface area contributed by atoms with Gasteiger partial charge in [-0.15, -0.1) is 0 Å². The van der Waals surface area contributed by atoms with Gasteiger partial charge in [-0.05, 0) is 51.0 Å². The highest BCUT2D eigenvalue weighted by Crippen LogP contribution is 2.14. The van der Waals surface area contributed by atoms with Crippen molar-refractivity contribution in [3.05, 3.63) is 66.2 Å².